The van der Waals surface area contributed by atoms with Crippen molar-refractivity contribution in [2.24, 2.45) is 5.73 Å². The van der Waals surface area contributed by atoms with E-state index < -0.39 is 11.3 Å². The summed E-state index contributed by atoms with van der Waals surface area (Å²) < 4.78 is 1.53. The number of aromatic nitrogens is 3. The van der Waals surface area contributed by atoms with Crippen molar-refractivity contribution in [2.75, 3.05) is 0 Å². The third-order valence-corrected chi connectivity index (χ3v) is 3.20. The number of carbonyl (C=O) groups is 1. The van der Waals surface area contributed by atoms with E-state index in [0.717, 1.165) is 5.56 Å². The Kier molecular flexibility index (Phi) is 2.80. The number of nitrogens with zero attached hydrogens (tertiary/aromatic N) is 2. The van der Waals surface area contributed by atoms with E-state index in [1.807, 2.05) is 0 Å². The van der Waals surface area contributed by atoms with E-state index in [4.69, 9.17) is 17.3 Å². The Morgan fingerprint density at radius 2 is 2.00 bits per heavy atom. The topological polar surface area (TPSA) is 93.3 Å². The van der Waals surface area contributed by atoms with Crippen LogP contribution in [-0.2, 0) is 0 Å². The summed E-state index contributed by atoms with van der Waals surface area (Å²) in [4.78, 5) is 27.4. The molecule has 0 bridgehead atoms. The maximum absolute atomic E-state index is 12.0. The molecule has 0 aliphatic carbocycles. The lowest BCUT2D eigenvalue weighted by Crippen LogP contribution is -2.23. The van der Waals surface area contributed by atoms with E-state index in [9.17, 15) is 9.59 Å². The van der Waals surface area contributed by atoms with Crippen LogP contribution in [0.15, 0.2) is 41.5 Å². The van der Waals surface area contributed by atoms with Gasteiger partial charge in [-0.2, -0.15) is 0 Å². The molecule has 0 aliphatic rings. The van der Waals surface area contributed by atoms with Gasteiger partial charge in [0.25, 0.3) is 5.91 Å². The predicted molar refractivity (Wildman–Crippen MR) is 74.8 cm³/mol. The lowest BCUT2D eigenvalue weighted by molar-refractivity contribution is 0.100. The molecule has 0 aliphatic heterocycles. The number of rotatable bonds is 2. The molecule has 2 heterocycles. The van der Waals surface area contributed by atoms with Crippen molar-refractivity contribution in [1.29, 1.82) is 0 Å². The molecule has 0 saturated carbocycles. The van der Waals surface area contributed by atoms with Crippen molar-refractivity contribution in [2.45, 2.75) is 0 Å². The second-order valence-electron chi connectivity index (χ2n) is 4.19. The molecule has 20 heavy (non-hydrogen) atoms. The highest BCUT2D eigenvalue weighted by atomic mass is 35.5. The first-order chi connectivity index (χ1) is 9.58. The van der Waals surface area contributed by atoms with E-state index in [1.54, 1.807) is 24.3 Å². The van der Waals surface area contributed by atoms with Crippen LogP contribution in [0, 0.1) is 0 Å². The summed E-state index contributed by atoms with van der Waals surface area (Å²) in [5, 5.41) is 3.44. The number of H-pyrrole nitrogens is 1. The highest BCUT2D eigenvalue weighted by Gasteiger charge is 2.17. The first kappa shape index (κ1) is 12.4. The van der Waals surface area contributed by atoms with Crippen LogP contribution in [0.5, 0.6) is 0 Å². The van der Waals surface area contributed by atoms with Gasteiger partial charge in [-0.1, -0.05) is 23.7 Å². The van der Waals surface area contributed by atoms with Crippen molar-refractivity contribution in [3.63, 3.8) is 0 Å². The van der Waals surface area contributed by atoms with Gasteiger partial charge in [-0.25, -0.2) is 9.50 Å². The van der Waals surface area contributed by atoms with Crippen LogP contribution in [0.3, 0.4) is 0 Å². The van der Waals surface area contributed by atoms with E-state index >= 15 is 0 Å². The smallest absolute Gasteiger partial charge is 0.256 e. The minimum atomic E-state index is -0.803. The van der Waals surface area contributed by atoms with Crippen LogP contribution in [0.25, 0.3) is 16.9 Å². The summed E-state index contributed by atoms with van der Waals surface area (Å²) in [5.74, 6) is -0.803. The van der Waals surface area contributed by atoms with Gasteiger partial charge in [-0.15, -0.1) is 0 Å². The first-order valence-corrected chi connectivity index (χ1v) is 6.10. The Labute approximate surface area is 117 Å². The summed E-state index contributed by atoms with van der Waals surface area (Å²) in [6.07, 6.45) is 1.39. The maximum atomic E-state index is 12.0. The molecule has 0 saturated heterocycles. The van der Waals surface area contributed by atoms with Crippen molar-refractivity contribution in [1.82, 2.24) is 14.6 Å². The molecule has 100 valence electrons. The van der Waals surface area contributed by atoms with Gasteiger partial charge < -0.3 is 5.73 Å². The van der Waals surface area contributed by atoms with Crippen LogP contribution >= 0.6 is 11.6 Å². The second kappa shape index (κ2) is 4.50. The van der Waals surface area contributed by atoms with Gasteiger partial charge in [0.2, 0.25) is 0 Å². The lowest BCUT2D eigenvalue weighted by atomic mass is 10.1. The number of fused-ring (bicyclic) bond motifs is 1. The van der Waals surface area contributed by atoms with Gasteiger partial charge in [0.1, 0.15) is 11.9 Å². The minimum Gasteiger partial charge on any atom is -0.365 e. The SMILES string of the molecule is NC(=O)c1c(=O)cc(-c2ccc(Cl)cc2)n2[nH]cnc12. The number of carbonyl (C=O) groups excluding carboxylic acids is 1. The molecule has 0 radical (unpaired) electrons. The summed E-state index contributed by atoms with van der Waals surface area (Å²) in [6.45, 7) is 0. The summed E-state index contributed by atoms with van der Waals surface area (Å²) in [5.41, 5.74) is 6.17. The molecule has 3 rings (SSSR count). The van der Waals surface area contributed by atoms with Gasteiger partial charge in [-0.05, 0) is 12.1 Å². The fraction of sp³-hybridized carbons (Fsp3) is 0. The normalized spacial score (nSPS) is 10.8. The molecule has 7 heteroatoms. The molecule has 1 amide bonds. The van der Waals surface area contributed by atoms with Crippen LogP contribution < -0.4 is 11.2 Å². The molecule has 2 aromatic heterocycles. The number of hydrogen-bond acceptors (Lipinski definition) is 3. The molecule has 0 unspecified atom stereocenters. The van der Waals surface area contributed by atoms with Crippen LogP contribution in [0.4, 0.5) is 0 Å². The zero-order valence-corrected chi connectivity index (χ0v) is 10.9. The highest BCUT2D eigenvalue weighted by molar-refractivity contribution is 6.30. The van der Waals surface area contributed by atoms with Crippen LogP contribution in [-0.4, -0.2) is 20.5 Å². The Hall–Kier alpha value is -2.60. The fourth-order valence-corrected chi connectivity index (χ4v) is 2.19. The van der Waals surface area contributed by atoms with Gasteiger partial charge in [0, 0.05) is 16.7 Å². The number of hydrogen-bond donors (Lipinski definition) is 2. The zero-order valence-electron chi connectivity index (χ0n) is 10.1. The maximum Gasteiger partial charge on any atom is 0.256 e. The summed E-state index contributed by atoms with van der Waals surface area (Å²) >= 11 is 5.84. The number of pyridine rings is 1. The fourth-order valence-electron chi connectivity index (χ4n) is 2.06. The summed E-state index contributed by atoms with van der Waals surface area (Å²) in [7, 11) is 0. The van der Waals surface area contributed by atoms with E-state index in [1.165, 1.54) is 16.9 Å². The Morgan fingerprint density at radius 3 is 2.65 bits per heavy atom. The number of primary amides is 1. The lowest BCUT2D eigenvalue weighted by Gasteiger charge is -2.06. The minimum absolute atomic E-state index is 0.135. The monoisotopic (exact) mass is 288 g/mol. The predicted octanol–water partition coefficient (Wildman–Crippen LogP) is 1.44. The van der Waals surface area contributed by atoms with Crippen molar-refractivity contribution in [3.8, 4) is 11.3 Å². The zero-order chi connectivity index (χ0) is 14.3. The number of amides is 1. The highest BCUT2D eigenvalue weighted by Crippen LogP contribution is 2.21. The number of aromatic amines is 1. The van der Waals surface area contributed by atoms with Crippen molar-refractivity contribution >= 4 is 23.2 Å². The molecule has 1 aromatic carbocycles. The van der Waals surface area contributed by atoms with Crippen molar-refractivity contribution < 1.29 is 4.79 Å². The van der Waals surface area contributed by atoms with Gasteiger partial charge in [-0.3, -0.25) is 14.7 Å². The third-order valence-electron chi connectivity index (χ3n) is 2.95. The Morgan fingerprint density at radius 1 is 1.30 bits per heavy atom. The summed E-state index contributed by atoms with van der Waals surface area (Å²) in [6, 6.07) is 8.31. The van der Waals surface area contributed by atoms with Crippen LogP contribution in [0.2, 0.25) is 5.02 Å². The largest absolute Gasteiger partial charge is 0.365 e. The second-order valence-corrected chi connectivity index (χ2v) is 4.62. The molecule has 3 N–H and O–H groups in total. The van der Waals surface area contributed by atoms with E-state index in [2.05, 4.69) is 10.1 Å². The third kappa shape index (κ3) is 1.86. The quantitative estimate of drug-likeness (QED) is 0.747. The molecular formula is C13H9ClN4O2. The average molecular weight is 289 g/mol. The number of nitrogens with one attached hydrogen (secondary N) is 1. The molecule has 0 spiro atoms. The first-order valence-electron chi connectivity index (χ1n) is 5.73. The van der Waals surface area contributed by atoms with E-state index in [-0.39, 0.29) is 11.2 Å². The van der Waals surface area contributed by atoms with Gasteiger partial charge >= 0.3 is 0 Å². The van der Waals surface area contributed by atoms with E-state index in [0.29, 0.717) is 10.7 Å². The molecule has 0 fully saturated rings. The van der Waals surface area contributed by atoms with Crippen LogP contribution in [0.1, 0.15) is 10.4 Å². The molecule has 6 nitrogen and oxygen atoms in total. The number of halogens is 1. The molecule has 0 atom stereocenters. The Balaban J connectivity index is 2.36. The number of benzene rings is 1. The van der Waals surface area contributed by atoms with Gasteiger partial charge in [0.05, 0.1) is 5.69 Å². The average Bonchev–Trinajstić information content (AvgIpc) is 2.87. The Bertz CT molecular complexity index is 864. The number of nitrogens with two attached hydrogens (primary N) is 1. The van der Waals surface area contributed by atoms with Crippen molar-refractivity contribution in [3.05, 3.63) is 57.5 Å². The van der Waals surface area contributed by atoms with Gasteiger partial charge in [0.15, 0.2) is 11.1 Å². The molecule has 3 aromatic rings. The standard InChI is InChI=1S/C13H9ClN4O2/c14-8-3-1-7(2-4-8)9-5-10(19)11(12(15)20)13-16-6-17-18(9)13/h1-6H,(H2,15,20)(H,16,17). The molecular weight excluding hydrogens is 280 g/mol.